The second kappa shape index (κ2) is 9.15. The topological polar surface area (TPSA) is 99.4 Å². The molecule has 2 aromatic heterocycles. The molecule has 4 rings (SSSR count). The van der Waals surface area contributed by atoms with Gasteiger partial charge in [-0.2, -0.15) is 0 Å². The van der Waals surface area contributed by atoms with E-state index < -0.39 is 5.91 Å². The number of nitrogens with zero attached hydrogens (tertiary/aromatic N) is 2. The molecule has 0 radical (unpaired) electrons. The molecule has 1 aliphatic carbocycles. The summed E-state index contributed by atoms with van der Waals surface area (Å²) in [6.45, 7) is 2.25. The fourth-order valence-corrected chi connectivity index (χ4v) is 5.12. The highest BCUT2D eigenvalue weighted by atomic mass is 32.1. The predicted molar refractivity (Wildman–Crippen MR) is 119 cm³/mol. The van der Waals surface area contributed by atoms with Crippen molar-refractivity contribution in [2.45, 2.75) is 38.7 Å². The minimum Gasteiger partial charge on any atom is -0.491 e. The number of aromatic nitrogens is 2. The molecule has 3 N–H and O–H groups in total. The van der Waals surface area contributed by atoms with Gasteiger partial charge >= 0.3 is 0 Å². The molecule has 1 saturated carbocycles. The highest BCUT2D eigenvalue weighted by Crippen LogP contribution is 2.37. The maximum absolute atomic E-state index is 14.0. The summed E-state index contributed by atoms with van der Waals surface area (Å²) in [7, 11) is 1.72. The van der Waals surface area contributed by atoms with Gasteiger partial charge in [0.2, 0.25) is 0 Å². The lowest BCUT2D eigenvalue weighted by molar-refractivity contribution is 0.00490. The van der Waals surface area contributed by atoms with E-state index in [1.54, 1.807) is 13.2 Å². The minimum absolute atomic E-state index is 0.154. The molecule has 1 aliphatic rings. The van der Waals surface area contributed by atoms with Crippen LogP contribution in [-0.4, -0.2) is 35.7 Å². The SMILES string of the molecule is CO[C@@H]1CCCCC1COc1cc(F)ccc1Nc1ncnc2sc(C(N)=O)c(C)c12. The number of nitrogens with two attached hydrogens (primary N) is 1. The van der Waals surface area contributed by atoms with Gasteiger partial charge in [-0.3, -0.25) is 4.79 Å². The standard InChI is InChI=1S/C22H25FN4O3S/c1-12-18-21(25-11-26-22(18)31-19(12)20(24)28)27-15-8-7-14(23)9-17(15)30-10-13-5-3-4-6-16(13)29-2/h7-9,11,13,16H,3-6,10H2,1-2H3,(H2,24,28)(H,25,26,27)/t13?,16-/m1/s1. The summed E-state index contributed by atoms with van der Waals surface area (Å²) in [6.07, 6.45) is 5.89. The average molecular weight is 445 g/mol. The van der Waals surface area contributed by atoms with Crippen molar-refractivity contribution < 1.29 is 18.7 Å². The number of hydrogen-bond acceptors (Lipinski definition) is 7. The molecule has 1 fully saturated rings. The van der Waals surface area contributed by atoms with Crippen LogP contribution in [0.4, 0.5) is 15.9 Å². The van der Waals surface area contributed by atoms with Crippen LogP contribution in [0, 0.1) is 18.7 Å². The first-order valence-corrected chi connectivity index (χ1v) is 11.1. The number of fused-ring (bicyclic) bond motifs is 1. The van der Waals surface area contributed by atoms with Crippen LogP contribution >= 0.6 is 11.3 Å². The van der Waals surface area contributed by atoms with Gasteiger partial charge in [0.15, 0.2) is 0 Å². The molecular formula is C22H25FN4O3S. The number of anilines is 2. The van der Waals surface area contributed by atoms with Gasteiger partial charge in [-0.25, -0.2) is 14.4 Å². The van der Waals surface area contributed by atoms with E-state index in [9.17, 15) is 9.18 Å². The molecule has 1 aromatic carbocycles. The summed E-state index contributed by atoms with van der Waals surface area (Å²) < 4.78 is 25.6. The van der Waals surface area contributed by atoms with Gasteiger partial charge in [0.25, 0.3) is 5.91 Å². The van der Waals surface area contributed by atoms with Crippen LogP contribution in [0.25, 0.3) is 10.2 Å². The molecule has 2 heterocycles. The number of nitrogens with one attached hydrogen (secondary N) is 1. The Kier molecular flexibility index (Phi) is 6.33. The van der Waals surface area contributed by atoms with Crippen LogP contribution < -0.4 is 15.8 Å². The normalized spacial score (nSPS) is 18.8. The number of methoxy groups -OCH3 is 1. The zero-order valence-corrected chi connectivity index (χ0v) is 18.3. The summed E-state index contributed by atoms with van der Waals surface area (Å²) in [5.41, 5.74) is 6.78. The molecule has 0 bridgehead atoms. The lowest BCUT2D eigenvalue weighted by Gasteiger charge is -2.30. The monoisotopic (exact) mass is 444 g/mol. The van der Waals surface area contributed by atoms with E-state index in [1.165, 1.54) is 29.8 Å². The van der Waals surface area contributed by atoms with Crippen LogP contribution in [0.5, 0.6) is 5.75 Å². The van der Waals surface area contributed by atoms with Crippen molar-refractivity contribution in [1.82, 2.24) is 9.97 Å². The number of halogens is 1. The van der Waals surface area contributed by atoms with E-state index in [0.29, 0.717) is 44.5 Å². The molecule has 0 saturated heterocycles. The van der Waals surface area contributed by atoms with Crippen molar-refractivity contribution in [3.8, 4) is 5.75 Å². The Morgan fingerprint density at radius 3 is 2.90 bits per heavy atom. The molecule has 7 nitrogen and oxygen atoms in total. The van der Waals surface area contributed by atoms with Crippen molar-refractivity contribution in [1.29, 1.82) is 0 Å². The third-order valence-corrected chi connectivity index (χ3v) is 6.96. The molecular weight excluding hydrogens is 419 g/mol. The van der Waals surface area contributed by atoms with Crippen LogP contribution in [0.1, 0.15) is 40.9 Å². The molecule has 3 aromatic rings. The summed E-state index contributed by atoms with van der Waals surface area (Å²) in [5.74, 6) is 0.281. The first-order chi connectivity index (χ1) is 15.0. The summed E-state index contributed by atoms with van der Waals surface area (Å²) in [4.78, 5) is 21.4. The van der Waals surface area contributed by atoms with E-state index in [2.05, 4.69) is 15.3 Å². The van der Waals surface area contributed by atoms with Crippen molar-refractivity contribution in [3.63, 3.8) is 0 Å². The van der Waals surface area contributed by atoms with E-state index in [4.69, 9.17) is 15.2 Å². The van der Waals surface area contributed by atoms with Crippen LogP contribution in [0.3, 0.4) is 0 Å². The Morgan fingerprint density at radius 1 is 1.32 bits per heavy atom. The molecule has 31 heavy (non-hydrogen) atoms. The molecule has 9 heteroatoms. The maximum atomic E-state index is 14.0. The van der Waals surface area contributed by atoms with Crippen molar-refractivity contribution in [3.05, 3.63) is 40.8 Å². The van der Waals surface area contributed by atoms with E-state index >= 15 is 0 Å². The third-order valence-electron chi connectivity index (χ3n) is 5.74. The Morgan fingerprint density at radius 2 is 2.13 bits per heavy atom. The van der Waals surface area contributed by atoms with Crippen molar-refractivity contribution in [2.24, 2.45) is 11.7 Å². The molecule has 0 spiro atoms. The van der Waals surface area contributed by atoms with Crippen LogP contribution in [0.2, 0.25) is 0 Å². The minimum atomic E-state index is -0.502. The van der Waals surface area contributed by atoms with Crippen molar-refractivity contribution in [2.75, 3.05) is 19.0 Å². The molecule has 2 atom stereocenters. The number of aryl methyl sites for hydroxylation is 1. The van der Waals surface area contributed by atoms with Gasteiger partial charge in [0, 0.05) is 19.1 Å². The number of ether oxygens (including phenoxy) is 2. The van der Waals surface area contributed by atoms with Gasteiger partial charge in [-0.1, -0.05) is 12.8 Å². The fraction of sp³-hybridized carbons (Fsp3) is 0.409. The predicted octanol–water partition coefficient (Wildman–Crippen LogP) is 4.57. The summed E-state index contributed by atoms with van der Waals surface area (Å²) in [6, 6.07) is 4.34. The second-order valence-corrected chi connectivity index (χ2v) is 8.72. The number of benzene rings is 1. The molecule has 1 unspecified atom stereocenters. The lowest BCUT2D eigenvalue weighted by Crippen LogP contribution is -2.31. The molecule has 0 aliphatic heterocycles. The highest BCUT2D eigenvalue weighted by molar-refractivity contribution is 7.20. The Labute approximate surface area is 183 Å². The van der Waals surface area contributed by atoms with Crippen molar-refractivity contribution >= 4 is 39.0 Å². The summed E-state index contributed by atoms with van der Waals surface area (Å²) in [5, 5.41) is 3.94. The third kappa shape index (κ3) is 4.47. The number of hydrogen-bond donors (Lipinski definition) is 2. The zero-order chi connectivity index (χ0) is 22.0. The first-order valence-electron chi connectivity index (χ1n) is 10.2. The largest absolute Gasteiger partial charge is 0.491 e. The number of carbonyl (C=O) groups excluding carboxylic acids is 1. The van der Waals surface area contributed by atoms with E-state index in [1.807, 2.05) is 6.92 Å². The quantitative estimate of drug-likeness (QED) is 0.554. The van der Waals surface area contributed by atoms with Gasteiger partial charge in [0.1, 0.15) is 28.5 Å². The number of primary amides is 1. The van der Waals surface area contributed by atoms with Gasteiger partial charge < -0.3 is 20.5 Å². The number of amides is 1. The van der Waals surface area contributed by atoms with Crippen LogP contribution in [-0.2, 0) is 4.74 Å². The summed E-state index contributed by atoms with van der Waals surface area (Å²) >= 11 is 1.22. The first kappa shape index (κ1) is 21.5. The molecule has 164 valence electrons. The molecule has 1 amide bonds. The van der Waals surface area contributed by atoms with E-state index in [-0.39, 0.29) is 17.8 Å². The lowest BCUT2D eigenvalue weighted by atomic mass is 9.87. The van der Waals surface area contributed by atoms with Gasteiger partial charge in [0.05, 0.1) is 28.7 Å². The Hall–Kier alpha value is -2.78. The zero-order valence-electron chi connectivity index (χ0n) is 17.5. The Balaban J connectivity index is 1.62. The fourth-order valence-electron chi connectivity index (χ4n) is 4.12. The second-order valence-electron chi connectivity index (χ2n) is 7.72. The van der Waals surface area contributed by atoms with E-state index in [0.717, 1.165) is 25.7 Å². The van der Waals surface area contributed by atoms with Crippen LogP contribution in [0.15, 0.2) is 24.5 Å². The number of carbonyl (C=O) groups is 1. The maximum Gasteiger partial charge on any atom is 0.259 e. The number of rotatable bonds is 7. The smallest absolute Gasteiger partial charge is 0.259 e. The van der Waals surface area contributed by atoms with Gasteiger partial charge in [-0.15, -0.1) is 11.3 Å². The Bertz CT molecular complexity index is 1100. The number of thiophene rings is 1. The van der Waals surface area contributed by atoms with Gasteiger partial charge in [-0.05, 0) is 37.5 Å². The average Bonchev–Trinajstić information content (AvgIpc) is 3.12. The highest BCUT2D eigenvalue weighted by Gasteiger charge is 2.26.